The van der Waals surface area contributed by atoms with Crippen molar-refractivity contribution in [2.45, 2.75) is 19.9 Å². The Bertz CT molecular complexity index is 400. The zero-order chi connectivity index (χ0) is 14.4. The molecule has 1 atom stereocenters. The van der Waals surface area contributed by atoms with E-state index in [2.05, 4.69) is 43.0 Å². The Kier molecular flexibility index (Phi) is 5.99. The molecule has 0 saturated heterocycles. The summed E-state index contributed by atoms with van der Waals surface area (Å²) in [5.74, 6) is 0.104. The van der Waals surface area contributed by atoms with Crippen LogP contribution in [0.1, 0.15) is 24.1 Å². The van der Waals surface area contributed by atoms with Gasteiger partial charge in [0.05, 0.1) is 6.54 Å². The minimum Gasteiger partial charge on any atom is -0.348 e. The van der Waals surface area contributed by atoms with Crippen LogP contribution in [0, 0.1) is 6.92 Å². The molecular formula is C15H25N3O. The van der Waals surface area contributed by atoms with Gasteiger partial charge in [0, 0.05) is 26.7 Å². The van der Waals surface area contributed by atoms with Crippen LogP contribution in [-0.4, -0.2) is 49.4 Å². The number of carbonyl (C=O) groups excluding carboxylic acids is 1. The van der Waals surface area contributed by atoms with Gasteiger partial charge >= 0.3 is 0 Å². The Morgan fingerprint density at radius 1 is 1.26 bits per heavy atom. The number of nitrogens with two attached hydrogens (primary N) is 1. The van der Waals surface area contributed by atoms with E-state index in [1.54, 1.807) is 19.0 Å². The zero-order valence-corrected chi connectivity index (χ0v) is 12.4. The molecule has 0 heterocycles. The Morgan fingerprint density at radius 2 is 1.84 bits per heavy atom. The van der Waals surface area contributed by atoms with Crippen LogP contribution in [0.5, 0.6) is 0 Å². The fourth-order valence-electron chi connectivity index (χ4n) is 2.04. The predicted octanol–water partition coefficient (Wildman–Crippen LogP) is 1.40. The first kappa shape index (κ1) is 15.7. The largest absolute Gasteiger partial charge is 0.348 e. The standard InChI is InChI=1S/C15H25N3O/c1-5-18(11-15(19)17(3)4)14(10-16)13-8-6-12(2)7-9-13/h6-9,14H,5,10-11,16H2,1-4H3. The average Bonchev–Trinajstić information content (AvgIpc) is 2.40. The molecule has 1 unspecified atom stereocenters. The van der Waals surface area contributed by atoms with Crippen molar-refractivity contribution in [1.82, 2.24) is 9.80 Å². The second-order valence-corrected chi connectivity index (χ2v) is 5.01. The van der Waals surface area contributed by atoms with Gasteiger partial charge in [-0.2, -0.15) is 0 Å². The Hall–Kier alpha value is -1.39. The second kappa shape index (κ2) is 7.26. The highest BCUT2D eigenvalue weighted by atomic mass is 16.2. The van der Waals surface area contributed by atoms with Gasteiger partial charge in [-0.3, -0.25) is 9.69 Å². The molecule has 19 heavy (non-hydrogen) atoms. The Labute approximate surface area is 116 Å². The summed E-state index contributed by atoms with van der Waals surface area (Å²) in [7, 11) is 3.55. The van der Waals surface area contributed by atoms with Crippen LogP contribution in [-0.2, 0) is 4.79 Å². The van der Waals surface area contributed by atoms with Crippen molar-refractivity contribution in [3.63, 3.8) is 0 Å². The van der Waals surface area contributed by atoms with E-state index in [0.29, 0.717) is 13.1 Å². The topological polar surface area (TPSA) is 49.6 Å². The van der Waals surface area contributed by atoms with Gasteiger partial charge in [0.2, 0.25) is 5.91 Å². The molecule has 1 aromatic rings. The summed E-state index contributed by atoms with van der Waals surface area (Å²) in [6.07, 6.45) is 0. The summed E-state index contributed by atoms with van der Waals surface area (Å²) in [5, 5.41) is 0. The fourth-order valence-corrected chi connectivity index (χ4v) is 2.04. The van der Waals surface area contributed by atoms with Crippen LogP contribution in [0.25, 0.3) is 0 Å². The van der Waals surface area contributed by atoms with Crippen LogP contribution in [0.15, 0.2) is 24.3 Å². The Balaban J connectivity index is 2.86. The van der Waals surface area contributed by atoms with Gasteiger partial charge in [0.1, 0.15) is 0 Å². The van der Waals surface area contributed by atoms with Crippen molar-refractivity contribution in [3.05, 3.63) is 35.4 Å². The molecule has 0 spiro atoms. The van der Waals surface area contributed by atoms with Crippen LogP contribution < -0.4 is 5.73 Å². The molecule has 0 bridgehead atoms. The minimum absolute atomic E-state index is 0.0921. The number of nitrogens with zero attached hydrogens (tertiary/aromatic N) is 2. The fraction of sp³-hybridized carbons (Fsp3) is 0.533. The summed E-state index contributed by atoms with van der Waals surface area (Å²) in [6, 6.07) is 8.44. The van der Waals surface area contributed by atoms with E-state index in [4.69, 9.17) is 5.73 Å². The lowest BCUT2D eigenvalue weighted by Gasteiger charge is -2.30. The lowest BCUT2D eigenvalue weighted by Crippen LogP contribution is -2.41. The molecule has 0 saturated carbocycles. The van der Waals surface area contributed by atoms with Crippen molar-refractivity contribution in [1.29, 1.82) is 0 Å². The van der Waals surface area contributed by atoms with Gasteiger partial charge in [-0.25, -0.2) is 0 Å². The zero-order valence-electron chi connectivity index (χ0n) is 12.4. The van der Waals surface area contributed by atoms with Crippen molar-refractivity contribution in [2.24, 2.45) is 5.73 Å². The van der Waals surface area contributed by atoms with Crippen molar-refractivity contribution < 1.29 is 4.79 Å². The molecule has 0 aliphatic heterocycles. The van der Waals surface area contributed by atoms with Crippen LogP contribution in [0.4, 0.5) is 0 Å². The van der Waals surface area contributed by atoms with Gasteiger partial charge in [-0.15, -0.1) is 0 Å². The van der Waals surface area contributed by atoms with Crippen molar-refractivity contribution >= 4 is 5.91 Å². The molecule has 1 amide bonds. The van der Waals surface area contributed by atoms with Crippen LogP contribution >= 0.6 is 0 Å². The highest BCUT2D eigenvalue weighted by molar-refractivity contribution is 5.77. The first-order valence-electron chi connectivity index (χ1n) is 6.70. The molecule has 0 aliphatic carbocycles. The SMILES string of the molecule is CCN(CC(=O)N(C)C)C(CN)c1ccc(C)cc1. The number of rotatable bonds is 6. The van der Waals surface area contributed by atoms with Crippen LogP contribution in [0.3, 0.4) is 0 Å². The number of carbonyl (C=O) groups is 1. The normalized spacial score (nSPS) is 12.5. The third kappa shape index (κ3) is 4.33. The van der Waals surface area contributed by atoms with Gasteiger partial charge < -0.3 is 10.6 Å². The molecule has 1 rings (SSSR count). The number of likely N-dealkylation sites (N-methyl/N-ethyl adjacent to an activating group) is 2. The maximum Gasteiger partial charge on any atom is 0.236 e. The number of hydrogen-bond donors (Lipinski definition) is 1. The van der Waals surface area contributed by atoms with E-state index in [-0.39, 0.29) is 11.9 Å². The third-order valence-corrected chi connectivity index (χ3v) is 3.37. The molecule has 2 N–H and O–H groups in total. The highest BCUT2D eigenvalue weighted by Gasteiger charge is 2.20. The molecule has 0 aliphatic rings. The molecule has 4 nitrogen and oxygen atoms in total. The van der Waals surface area contributed by atoms with E-state index in [0.717, 1.165) is 6.54 Å². The van der Waals surface area contributed by atoms with E-state index in [9.17, 15) is 4.79 Å². The lowest BCUT2D eigenvalue weighted by atomic mass is 10.0. The van der Waals surface area contributed by atoms with Gasteiger partial charge in [0.25, 0.3) is 0 Å². The molecular weight excluding hydrogens is 238 g/mol. The molecule has 4 heteroatoms. The minimum atomic E-state index is 0.0921. The van der Waals surface area contributed by atoms with E-state index in [1.807, 2.05) is 0 Å². The molecule has 0 aromatic heterocycles. The molecule has 1 aromatic carbocycles. The number of aryl methyl sites for hydroxylation is 1. The number of hydrogen-bond acceptors (Lipinski definition) is 3. The van der Waals surface area contributed by atoms with E-state index in [1.165, 1.54) is 11.1 Å². The monoisotopic (exact) mass is 263 g/mol. The van der Waals surface area contributed by atoms with Gasteiger partial charge in [-0.05, 0) is 19.0 Å². The smallest absolute Gasteiger partial charge is 0.236 e. The van der Waals surface area contributed by atoms with Crippen molar-refractivity contribution in [3.8, 4) is 0 Å². The summed E-state index contributed by atoms with van der Waals surface area (Å²) < 4.78 is 0. The van der Waals surface area contributed by atoms with Gasteiger partial charge in [0.15, 0.2) is 0 Å². The quantitative estimate of drug-likeness (QED) is 0.844. The summed E-state index contributed by atoms with van der Waals surface area (Å²) in [5.41, 5.74) is 8.30. The number of amides is 1. The molecule has 0 fully saturated rings. The molecule has 106 valence electrons. The van der Waals surface area contributed by atoms with Gasteiger partial charge in [-0.1, -0.05) is 36.8 Å². The summed E-state index contributed by atoms with van der Waals surface area (Å²) >= 11 is 0. The second-order valence-electron chi connectivity index (χ2n) is 5.01. The molecule has 0 radical (unpaired) electrons. The van der Waals surface area contributed by atoms with E-state index < -0.39 is 0 Å². The highest BCUT2D eigenvalue weighted by Crippen LogP contribution is 2.19. The van der Waals surface area contributed by atoms with E-state index >= 15 is 0 Å². The summed E-state index contributed by atoms with van der Waals surface area (Å²) in [4.78, 5) is 15.6. The Morgan fingerprint density at radius 3 is 2.26 bits per heavy atom. The first-order chi connectivity index (χ1) is 8.99. The maximum absolute atomic E-state index is 11.9. The first-order valence-corrected chi connectivity index (χ1v) is 6.70. The number of benzene rings is 1. The third-order valence-electron chi connectivity index (χ3n) is 3.37. The lowest BCUT2D eigenvalue weighted by molar-refractivity contribution is -0.130. The average molecular weight is 263 g/mol. The van der Waals surface area contributed by atoms with Crippen molar-refractivity contribution in [2.75, 3.05) is 33.7 Å². The van der Waals surface area contributed by atoms with Crippen LogP contribution in [0.2, 0.25) is 0 Å². The maximum atomic E-state index is 11.9. The predicted molar refractivity (Wildman–Crippen MR) is 78.9 cm³/mol. The summed E-state index contributed by atoms with van der Waals surface area (Å²) in [6.45, 7) is 5.83.